The van der Waals surface area contributed by atoms with Gasteiger partial charge in [0.1, 0.15) is 4.91 Å². The van der Waals surface area contributed by atoms with Gasteiger partial charge >= 0.3 is 0 Å². The number of sulfone groups is 1. The highest BCUT2D eigenvalue weighted by molar-refractivity contribution is 7.96. The zero-order valence-corrected chi connectivity index (χ0v) is 11.5. The Kier molecular flexibility index (Phi) is 2.93. The topological polar surface area (TPSA) is 51.2 Å². The molecule has 1 aromatic rings. The summed E-state index contributed by atoms with van der Waals surface area (Å²) in [5.41, 5.74) is 0.383. The summed E-state index contributed by atoms with van der Waals surface area (Å²) in [6, 6.07) is 6.56. The van der Waals surface area contributed by atoms with Crippen molar-refractivity contribution in [3.8, 4) is 0 Å². The van der Waals surface area contributed by atoms with Crippen LogP contribution >= 0.6 is 0 Å². The van der Waals surface area contributed by atoms with Crippen molar-refractivity contribution in [3.63, 3.8) is 0 Å². The third kappa shape index (κ3) is 2.01. The van der Waals surface area contributed by atoms with Gasteiger partial charge < -0.3 is 0 Å². The number of ketones is 1. The molecule has 0 bridgehead atoms. The fourth-order valence-electron chi connectivity index (χ4n) is 1.94. The molecule has 0 amide bonds. The van der Waals surface area contributed by atoms with E-state index in [0.29, 0.717) is 6.42 Å². The largest absolute Gasteiger partial charge is 0.293 e. The first-order valence-electron chi connectivity index (χ1n) is 5.82. The van der Waals surface area contributed by atoms with Gasteiger partial charge in [-0.2, -0.15) is 0 Å². The van der Waals surface area contributed by atoms with Gasteiger partial charge in [-0.05, 0) is 25.5 Å². The number of allylic oxidation sites excluding steroid dienone is 2. The van der Waals surface area contributed by atoms with Gasteiger partial charge in [-0.25, -0.2) is 8.42 Å². The lowest BCUT2D eigenvalue weighted by molar-refractivity contribution is -0.121. The molecule has 0 fully saturated rings. The predicted molar refractivity (Wildman–Crippen MR) is 69.9 cm³/mol. The Balaban J connectivity index is 2.46. The number of rotatable bonds is 2. The van der Waals surface area contributed by atoms with Crippen LogP contribution in [0.15, 0.2) is 40.1 Å². The van der Waals surface area contributed by atoms with Crippen LogP contribution in [0.3, 0.4) is 0 Å². The zero-order valence-electron chi connectivity index (χ0n) is 10.7. The maximum Gasteiger partial charge on any atom is 0.209 e. The fourth-order valence-corrected chi connectivity index (χ4v) is 3.51. The highest BCUT2D eigenvalue weighted by Crippen LogP contribution is 2.37. The molecular formula is C14H16O3S. The molecule has 0 N–H and O–H groups in total. The molecule has 0 heterocycles. The lowest BCUT2D eigenvalue weighted by atomic mass is 9.90. The summed E-state index contributed by atoms with van der Waals surface area (Å²) in [6.45, 7) is 5.42. The monoisotopic (exact) mass is 264 g/mol. The van der Waals surface area contributed by atoms with Crippen molar-refractivity contribution >= 4 is 15.6 Å². The van der Waals surface area contributed by atoms with Crippen LogP contribution in [0.5, 0.6) is 0 Å². The minimum atomic E-state index is -3.66. The summed E-state index contributed by atoms with van der Waals surface area (Å²) >= 11 is 0. The van der Waals surface area contributed by atoms with Crippen molar-refractivity contribution in [1.82, 2.24) is 0 Å². The number of aryl methyl sites for hydroxylation is 1. The third-order valence-corrected chi connectivity index (χ3v) is 5.08. The summed E-state index contributed by atoms with van der Waals surface area (Å²) in [7, 11) is -3.66. The molecule has 0 saturated carbocycles. The third-order valence-electron chi connectivity index (χ3n) is 3.26. The van der Waals surface area contributed by atoms with Crippen LogP contribution in [0, 0.1) is 12.3 Å². The van der Waals surface area contributed by atoms with Crippen molar-refractivity contribution in [1.29, 1.82) is 0 Å². The van der Waals surface area contributed by atoms with Crippen molar-refractivity contribution < 1.29 is 13.2 Å². The van der Waals surface area contributed by atoms with E-state index in [-0.39, 0.29) is 15.6 Å². The Morgan fingerprint density at radius 2 is 1.67 bits per heavy atom. The SMILES string of the molecule is Cc1ccc(S(=O)(=O)C2=CCC(C)(C)C2=O)cc1. The minimum absolute atomic E-state index is 0.0589. The highest BCUT2D eigenvalue weighted by Gasteiger charge is 2.40. The molecule has 3 nitrogen and oxygen atoms in total. The minimum Gasteiger partial charge on any atom is -0.293 e. The van der Waals surface area contributed by atoms with E-state index in [1.54, 1.807) is 38.1 Å². The van der Waals surface area contributed by atoms with Gasteiger partial charge in [-0.15, -0.1) is 0 Å². The second kappa shape index (κ2) is 4.05. The maximum atomic E-state index is 12.4. The second-order valence-electron chi connectivity index (χ2n) is 5.30. The molecule has 18 heavy (non-hydrogen) atoms. The zero-order chi connectivity index (χ0) is 13.6. The van der Waals surface area contributed by atoms with Crippen LogP contribution in [0.1, 0.15) is 25.8 Å². The van der Waals surface area contributed by atoms with Gasteiger partial charge in [-0.1, -0.05) is 37.6 Å². The van der Waals surface area contributed by atoms with Crippen LogP contribution in [0.25, 0.3) is 0 Å². The molecule has 0 atom stereocenters. The van der Waals surface area contributed by atoms with Gasteiger partial charge in [0, 0.05) is 5.41 Å². The molecule has 1 aromatic carbocycles. The lowest BCUT2D eigenvalue weighted by Crippen LogP contribution is -2.23. The molecule has 4 heteroatoms. The molecular weight excluding hydrogens is 248 g/mol. The van der Waals surface area contributed by atoms with Crippen LogP contribution in [-0.2, 0) is 14.6 Å². The smallest absolute Gasteiger partial charge is 0.209 e. The van der Waals surface area contributed by atoms with E-state index in [2.05, 4.69) is 0 Å². The molecule has 1 aliphatic rings. The lowest BCUT2D eigenvalue weighted by Gasteiger charge is -2.15. The molecule has 0 saturated heterocycles. The van der Waals surface area contributed by atoms with Crippen molar-refractivity contribution in [2.75, 3.05) is 0 Å². The quantitative estimate of drug-likeness (QED) is 0.825. The Hall–Kier alpha value is -1.42. The maximum absolute atomic E-state index is 12.4. The average Bonchev–Trinajstić information content (AvgIpc) is 2.55. The highest BCUT2D eigenvalue weighted by atomic mass is 32.2. The van der Waals surface area contributed by atoms with Crippen molar-refractivity contribution in [2.45, 2.75) is 32.1 Å². The number of hydrogen-bond donors (Lipinski definition) is 0. The van der Waals surface area contributed by atoms with Gasteiger partial charge in [0.2, 0.25) is 9.84 Å². The van der Waals surface area contributed by atoms with Gasteiger partial charge in [0.15, 0.2) is 5.78 Å². The fraction of sp³-hybridized carbons (Fsp3) is 0.357. The molecule has 0 aliphatic heterocycles. The Morgan fingerprint density at radius 3 is 2.11 bits per heavy atom. The van der Waals surface area contributed by atoms with E-state index in [1.165, 1.54) is 6.08 Å². The predicted octanol–water partition coefficient (Wildman–Crippen LogP) is 2.65. The molecule has 0 unspecified atom stereocenters. The summed E-state index contributed by atoms with van der Waals surface area (Å²) in [6.07, 6.45) is 2.02. The van der Waals surface area contributed by atoms with Gasteiger partial charge in [-0.3, -0.25) is 4.79 Å². The van der Waals surface area contributed by atoms with E-state index in [1.807, 2.05) is 6.92 Å². The Bertz CT molecular complexity index is 620. The summed E-state index contributed by atoms with van der Waals surface area (Å²) in [5, 5.41) is 0. The van der Waals surface area contributed by atoms with E-state index < -0.39 is 15.3 Å². The number of benzene rings is 1. The number of carbonyl (C=O) groups excluding carboxylic acids is 1. The van der Waals surface area contributed by atoms with E-state index in [9.17, 15) is 13.2 Å². The molecule has 0 aromatic heterocycles. The van der Waals surface area contributed by atoms with E-state index in [4.69, 9.17) is 0 Å². The number of Topliss-reactive ketones (excluding diaryl/α,β-unsaturated/α-hetero) is 1. The normalized spacial score (nSPS) is 18.8. The van der Waals surface area contributed by atoms with E-state index in [0.717, 1.165) is 5.56 Å². The Labute approximate surface area is 107 Å². The summed E-state index contributed by atoms with van der Waals surface area (Å²) in [5.74, 6) is -0.289. The number of hydrogen-bond acceptors (Lipinski definition) is 3. The van der Waals surface area contributed by atoms with Gasteiger partial charge in [0.25, 0.3) is 0 Å². The molecule has 2 rings (SSSR count). The molecule has 0 spiro atoms. The second-order valence-corrected chi connectivity index (χ2v) is 7.22. The first-order valence-corrected chi connectivity index (χ1v) is 7.30. The van der Waals surface area contributed by atoms with Crippen LogP contribution in [0.2, 0.25) is 0 Å². The van der Waals surface area contributed by atoms with E-state index >= 15 is 0 Å². The standard InChI is InChI=1S/C14H16O3S/c1-10-4-6-11(7-5-10)18(16,17)12-8-9-14(2,3)13(12)15/h4-8H,9H2,1-3H3. The average molecular weight is 264 g/mol. The Morgan fingerprint density at radius 1 is 1.11 bits per heavy atom. The summed E-state index contributed by atoms with van der Waals surface area (Å²) in [4.78, 5) is 12.2. The number of carbonyl (C=O) groups is 1. The van der Waals surface area contributed by atoms with Crippen LogP contribution < -0.4 is 0 Å². The van der Waals surface area contributed by atoms with Crippen LogP contribution in [0.4, 0.5) is 0 Å². The first-order chi connectivity index (χ1) is 8.25. The van der Waals surface area contributed by atoms with Gasteiger partial charge in [0.05, 0.1) is 4.90 Å². The first kappa shape index (κ1) is 13.0. The molecule has 1 aliphatic carbocycles. The molecule has 96 valence electrons. The van der Waals surface area contributed by atoms with Crippen LogP contribution in [-0.4, -0.2) is 14.2 Å². The molecule has 0 radical (unpaired) electrons. The van der Waals surface area contributed by atoms with Crippen molar-refractivity contribution in [2.24, 2.45) is 5.41 Å². The summed E-state index contributed by atoms with van der Waals surface area (Å²) < 4.78 is 24.7. The van der Waals surface area contributed by atoms with Crippen molar-refractivity contribution in [3.05, 3.63) is 40.8 Å².